The Morgan fingerprint density at radius 1 is 1.61 bits per heavy atom. The van der Waals surface area contributed by atoms with Gasteiger partial charge < -0.3 is 10.0 Å². The number of hydrogen-bond acceptors (Lipinski definition) is 4. The number of pyridine rings is 1. The van der Waals surface area contributed by atoms with Crippen molar-refractivity contribution in [1.29, 1.82) is 0 Å². The van der Waals surface area contributed by atoms with E-state index in [1.165, 1.54) is 12.3 Å². The molecule has 0 amide bonds. The second-order valence-corrected chi connectivity index (χ2v) is 5.00. The molecular formula is C12H11ClN2O2S. The molecule has 2 heterocycles. The van der Waals surface area contributed by atoms with Gasteiger partial charge in [0.25, 0.3) is 0 Å². The Labute approximate surface area is 113 Å². The summed E-state index contributed by atoms with van der Waals surface area (Å²) in [6.07, 6.45) is 1.37. The van der Waals surface area contributed by atoms with Gasteiger partial charge in [-0.05, 0) is 28.5 Å². The minimum absolute atomic E-state index is 0.0684. The Morgan fingerprint density at radius 2 is 2.39 bits per heavy atom. The lowest BCUT2D eigenvalue weighted by molar-refractivity contribution is 0.0697. The van der Waals surface area contributed by atoms with E-state index in [4.69, 9.17) is 16.7 Å². The number of hydrogen-bond donors (Lipinski definition) is 1. The molecule has 0 bridgehead atoms. The zero-order valence-corrected chi connectivity index (χ0v) is 11.2. The van der Waals surface area contributed by atoms with E-state index in [2.05, 4.69) is 4.98 Å². The fraction of sp³-hybridized carbons (Fsp3) is 0.167. The average molecular weight is 283 g/mol. The molecule has 0 aliphatic heterocycles. The lowest BCUT2D eigenvalue weighted by atomic mass is 10.2. The van der Waals surface area contributed by atoms with Gasteiger partial charge in [0.2, 0.25) is 0 Å². The molecule has 0 aliphatic carbocycles. The standard InChI is InChI=1S/C12H11ClN2O2S/c1-15(6-8-2-3-18-7-8)11-4-9(12(16)17)10(13)5-14-11/h2-5,7H,6H2,1H3,(H,16,17). The van der Waals surface area contributed by atoms with Crippen molar-refractivity contribution in [2.75, 3.05) is 11.9 Å². The summed E-state index contributed by atoms with van der Waals surface area (Å²) in [5, 5.41) is 13.2. The van der Waals surface area contributed by atoms with Crippen molar-refractivity contribution in [1.82, 2.24) is 4.98 Å². The number of anilines is 1. The summed E-state index contributed by atoms with van der Waals surface area (Å²) in [5.74, 6) is -0.462. The molecule has 0 aliphatic rings. The summed E-state index contributed by atoms with van der Waals surface area (Å²) >= 11 is 7.40. The van der Waals surface area contributed by atoms with Crippen LogP contribution in [-0.4, -0.2) is 23.1 Å². The van der Waals surface area contributed by atoms with Crippen LogP contribution >= 0.6 is 22.9 Å². The van der Waals surface area contributed by atoms with Crippen molar-refractivity contribution in [2.24, 2.45) is 0 Å². The lowest BCUT2D eigenvalue weighted by Crippen LogP contribution is -2.18. The highest BCUT2D eigenvalue weighted by molar-refractivity contribution is 7.07. The topological polar surface area (TPSA) is 53.4 Å². The highest BCUT2D eigenvalue weighted by Gasteiger charge is 2.12. The van der Waals surface area contributed by atoms with Gasteiger partial charge in [0.1, 0.15) is 5.82 Å². The number of halogens is 1. The first-order chi connectivity index (χ1) is 8.58. The van der Waals surface area contributed by atoms with Gasteiger partial charge in [-0.2, -0.15) is 11.3 Å². The molecule has 0 fully saturated rings. The molecule has 0 atom stereocenters. The second-order valence-electron chi connectivity index (χ2n) is 3.82. The Hall–Kier alpha value is -1.59. The Kier molecular flexibility index (Phi) is 3.84. The molecule has 2 aromatic heterocycles. The summed E-state index contributed by atoms with van der Waals surface area (Å²) in [4.78, 5) is 17.0. The predicted octanol–water partition coefficient (Wildman–Crippen LogP) is 3.13. The van der Waals surface area contributed by atoms with Crippen LogP contribution in [0.4, 0.5) is 5.82 Å². The third-order valence-electron chi connectivity index (χ3n) is 2.46. The maximum absolute atomic E-state index is 11.0. The zero-order valence-electron chi connectivity index (χ0n) is 9.63. The molecule has 0 spiro atoms. The van der Waals surface area contributed by atoms with Gasteiger partial charge >= 0.3 is 5.97 Å². The van der Waals surface area contributed by atoms with Gasteiger partial charge in [0.15, 0.2) is 0 Å². The molecule has 0 saturated carbocycles. The maximum Gasteiger partial charge on any atom is 0.337 e. The number of aromatic carboxylic acids is 1. The molecule has 18 heavy (non-hydrogen) atoms. The number of thiophene rings is 1. The summed E-state index contributed by atoms with van der Waals surface area (Å²) in [6, 6.07) is 3.51. The Bertz CT molecular complexity index is 557. The van der Waals surface area contributed by atoms with Crippen molar-refractivity contribution in [2.45, 2.75) is 6.54 Å². The first kappa shape index (κ1) is 12.9. The number of carboxylic acids is 1. The molecule has 1 N–H and O–H groups in total. The van der Waals surface area contributed by atoms with Gasteiger partial charge in [-0.15, -0.1) is 0 Å². The largest absolute Gasteiger partial charge is 0.478 e. The maximum atomic E-state index is 11.0. The van der Waals surface area contributed by atoms with E-state index in [1.807, 2.05) is 28.8 Å². The number of carbonyl (C=O) groups is 1. The zero-order chi connectivity index (χ0) is 13.1. The molecule has 0 aromatic carbocycles. The molecule has 0 saturated heterocycles. The Balaban J connectivity index is 2.22. The Morgan fingerprint density at radius 3 is 3.00 bits per heavy atom. The van der Waals surface area contributed by atoms with Crippen molar-refractivity contribution < 1.29 is 9.90 Å². The van der Waals surface area contributed by atoms with Crippen LogP contribution in [0.25, 0.3) is 0 Å². The van der Waals surface area contributed by atoms with Crippen molar-refractivity contribution >= 4 is 34.7 Å². The first-order valence-corrected chi connectivity index (χ1v) is 6.51. The summed E-state index contributed by atoms with van der Waals surface area (Å²) in [6.45, 7) is 0.678. The van der Waals surface area contributed by atoms with Crippen molar-refractivity contribution in [3.63, 3.8) is 0 Å². The van der Waals surface area contributed by atoms with Crippen molar-refractivity contribution in [3.8, 4) is 0 Å². The fourth-order valence-electron chi connectivity index (χ4n) is 1.54. The van der Waals surface area contributed by atoms with Gasteiger partial charge in [0, 0.05) is 19.8 Å². The van der Waals surface area contributed by atoms with Gasteiger partial charge in [0.05, 0.1) is 10.6 Å². The van der Waals surface area contributed by atoms with Crippen LogP contribution in [0.15, 0.2) is 29.1 Å². The number of nitrogens with zero attached hydrogens (tertiary/aromatic N) is 2. The summed E-state index contributed by atoms with van der Waals surface area (Å²) in [7, 11) is 1.86. The van der Waals surface area contributed by atoms with E-state index < -0.39 is 5.97 Å². The predicted molar refractivity (Wildman–Crippen MR) is 72.6 cm³/mol. The van der Waals surface area contributed by atoms with Crippen LogP contribution in [0.2, 0.25) is 5.02 Å². The van der Waals surface area contributed by atoms with Crippen LogP contribution in [0.1, 0.15) is 15.9 Å². The van der Waals surface area contributed by atoms with Gasteiger partial charge in [-0.25, -0.2) is 9.78 Å². The molecule has 94 valence electrons. The molecule has 4 nitrogen and oxygen atoms in total. The van der Waals surface area contributed by atoms with E-state index >= 15 is 0 Å². The molecule has 2 rings (SSSR count). The normalized spacial score (nSPS) is 10.3. The summed E-state index contributed by atoms with van der Waals surface area (Å²) in [5.41, 5.74) is 1.23. The van der Waals surface area contributed by atoms with E-state index in [-0.39, 0.29) is 10.6 Å². The quantitative estimate of drug-likeness (QED) is 0.936. The van der Waals surface area contributed by atoms with Crippen LogP contribution < -0.4 is 4.90 Å². The number of aromatic nitrogens is 1. The average Bonchev–Trinajstić information content (AvgIpc) is 2.81. The minimum atomic E-state index is -1.05. The monoisotopic (exact) mass is 282 g/mol. The summed E-state index contributed by atoms with van der Waals surface area (Å²) < 4.78 is 0. The second kappa shape index (κ2) is 5.37. The minimum Gasteiger partial charge on any atom is -0.478 e. The van der Waals surface area contributed by atoms with Crippen LogP contribution in [0.5, 0.6) is 0 Å². The van der Waals surface area contributed by atoms with E-state index in [9.17, 15) is 4.79 Å². The third-order valence-corrected chi connectivity index (χ3v) is 3.50. The molecule has 6 heteroatoms. The smallest absolute Gasteiger partial charge is 0.337 e. The van der Waals surface area contributed by atoms with Crippen LogP contribution in [0, 0.1) is 0 Å². The molecular weight excluding hydrogens is 272 g/mol. The molecule has 0 unspecified atom stereocenters. The molecule has 0 radical (unpaired) electrons. The molecule has 2 aromatic rings. The van der Waals surface area contributed by atoms with E-state index in [0.29, 0.717) is 12.4 Å². The van der Waals surface area contributed by atoms with E-state index in [0.717, 1.165) is 5.56 Å². The third kappa shape index (κ3) is 2.80. The number of rotatable bonds is 4. The highest BCUT2D eigenvalue weighted by atomic mass is 35.5. The highest BCUT2D eigenvalue weighted by Crippen LogP contribution is 2.21. The SMILES string of the molecule is CN(Cc1ccsc1)c1cc(C(=O)O)c(Cl)cn1. The first-order valence-electron chi connectivity index (χ1n) is 5.19. The van der Waals surface area contributed by atoms with Crippen LogP contribution in [-0.2, 0) is 6.54 Å². The lowest BCUT2D eigenvalue weighted by Gasteiger charge is -2.18. The van der Waals surface area contributed by atoms with Gasteiger partial charge in [-0.1, -0.05) is 11.6 Å². The van der Waals surface area contributed by atoms with E-state index in [1.54, 1.807) is 11.3 Å². The number of carboxylic acid groups (broad SMARTS) is 1. The van der Waals surface area contributed by atoms with Crippen molar-refractivity contribution in [3.05, 3.63) is 45.2 Å². The van der Waals surface area contributed by atoms with Gasteiger partial charge in [-0.3, -0.25) is 0 Å². The fourth-order valence-corrected chi connectivity index (χ4v) is 2.38. The van der Waals surface area contributed by atoms with Crippen LogP contribution in [0.3, 0.4) is 0 Å².